The molecule has 18 heavy (non-hydrogen) atoms. The number of nitrogens with one attached hydrogen (secondary N) is 2. The molecule has 1 atom stereocenters. The van der Waals surface area contributed by atoms with Gasteiger partial charge in [-0.3, -0.25) is 0 Å². The first-order valence-electron chi connectivity index (χ1n) is 5.84. The van der Waals surface area contributed by atoms with Gasteiger partial charge in [-0.25, -0.2) is 0 Å². The SMILES string of the molecule is COc1ccc2[nH]cc([C@H]3COCCN3)c2c1.Cl. The molecule has 2 heterocycles. The number of aromatic nitrogens is 1. The Morgan fingerprint density at radius 1 is 1.39 bits per heavy atom. The van der Waals surface area contributed by atoms with Crippen LogP contribution in [0.15, 0.2) is 24.4 Å². The lowest BCUT2D eigenvalue weighted by atomic mass is 10.1. The minimum absolute atomic E-state index is 0. The molecule has 0 aliphatic carbocycles. The summed E-state index contributed by atoms with van der Waals surface area (Å²) >= 11 is 0. The number of hydrogen-bond acceptors (Lipinski definition) is 3. The summed E-state index contributed by atoms with van der Waals surface area (Å²) in [4.78, 5) is 3.29. The van der Waals surface area contributed by atoms with Crippen molar-refractivity contribution in [2.75, 3.05) is 26.9 Å². The van der Waals surface area contributed by atoms with Crippen LogP contribution >= 0.6 is 12.4 Å². The second-order valence-electron chi connectivity index (χ2n) is 4.24. The van der Waals surface area contributed by atoms with E-state index in [4.69, 9.17) is 9.47 Å². The Kier molecular flexibility index (Phi) is 4.11. The maximum absolute atomic E-state index is 5.50. The van der Waals surface area contributed by atoms with E-state index in [1.165, 1.54) is 10.9 Å². The lowest BCUT2D eigenvalue weighted by molar-refractivity contribution is 0.0773. The summed E-state index contributed by atoms with van der Waals surface area (Å²) in [6.07, 6.45) is 2.05. The smallest absolute Gasteiger partial charge is 0.119 e. The van der Waals surface area contributed by atoms with Crippen LogP contribution in [0.4, 0.5) is 0 Å². The van der Waals surface area contributed by atoms with E-state index in [0.29, 0.717) is 0 Å². The van der Waals surface area contributed by atoms with Gasteiger partial charge >= 0.3 is 0 Å². The number of aromatic amines is 1. The number of methoxy groups -OCH3 is 1. The second-order valence-corrected chi connectivity index (χ2v) is 4.24. The maximum Gasteiger partial charge on any atom is 0.119 e. The Labute approximate surface area is 112 Å². The van der Waals surface area contributed by atoms with Crippen LogP contribution < -0.4 is 10.1 Å². The van der Waals surface area contributed by atoms with Crippen LogP contribution in [0.2, 0.25) is 0 Å². The molecular weight excluding hydrogens is 252 g/mol. The lowest BCUT2D eigenvalue weighted by Gasteiger charge is -2.23. The third-order valence-corrected chi connectivity index (χ3v) is 3.22. The number of morpholine rings is 1. The zero-order valence-electron chi connectivity index (χ0n) is 10.2. The molecule has 0 radical (unpaired) electrons. The summed E-state index contributed by atoms with van der Waals surface area (Å²) in [6, 6.07) is 6.34. The van der Waals surface area contributed by atoms with E-state index < -0.39 is 0 Å². The highest BCUT2D eigenvalue weighted by Gasteiger charge is 2.18. The highest BCUT2D eigenvalue weighted by atomic mass is 35.5. The van der Waals surface area contributed by atoms with Crippen LogP contribution in [0.25, 0.3) is 10.9 Å². The Morgan fingerprint density at radius 2 is 2.28 bits per heavy atom. The molecule has 98 valence electrons. The molecule has 1 aromatic heterocycles. The van der Waals surface area contributed by atoms with Crippen LogP contribution in [0.5, 0.6) is 5.75 Å². The molecule has 1 aromatic carbocycles. The number of H-pyrrole nitrogens is 1. The van der Waals surface area contributed by atoms with Crippen LogP contribution in [-0.2, 0) is 4.74 Å². The van der Waals surface area contributed by atoms with E-state index in [-0.39, 0.29) is 18.4 Å². The first-order valence-corrected chi connectivity index (χ1v) is 5.84. The number of hydrogen-bond donors (Lipinski definition) is 2. The molecule has 0 amide bonds. The molecule has 0 saturated carbocycles. The van der Waals surface area contributed by atoms with Crippen molar-refractivity contribution in [2.24, 2.45) is 0 Å². The van der Waals surface area contributed by atoms with Crippen molar-refractivity contribution >= 4 is 23.3 Å². The number of fused-ring (bicyclic) bond motifs is 1. The Morgan fingerprint density at radius 3 is 3.00 bits per heavy atom. The summed E-state index contributed by atoms with van der Waals surface area (Å²) in [5.41, 5.74) is 2.38. The van der Waals surface area contributed by atoms with Crippen molar-refractivity contribution < 1.29 is 9.47 Å². The minimum atomic E-state index is 0. The highest BCUT2D eigenvalue weighted by Crippen LogP contribution is 2.28. The fourth-order valence-electron chi connectivity index (χ4n) is 2.30. The van der Waals surface area contributed by atoms with Gasteiger partial charge in [-0.05, 0) is 23.8 Å². The molecule has 1 fully saturated rings. The number of benzene rings is 1. The van der Waals surface area contributed by atoms with E-state index in [0.717, 1.165) is 31.0 Å². The van der Waals surface area contributed by atoms with E-state index >= 15 is 0 Å². The number of halogens is 1. The van der Waals surface area contributed by atoms with Gasteiger partial charge in [0.1, 0.15) is 5.75 Å². The quantitative estimate of drug-likeness (QED) is 0.878. The van der Waals surface area contributed by atoms with E-state index in [2.05, 4.69) is 22.6 Å². The van der Waals surface area contributed by atoms with Crippen molar-refractivity contribution in [3.63, 3.8) is 0 Å². The van der Waals surface area contributed by atoms with Crippen molar-refractivity contribution in [1.29, 1.82) is 0 Å². The highest BCUT2D eigenvalue weighted by molar-refractivity contribution is 5.85. The van der Waals surface area contributed by atoms with Gasteiger partial charge in [0, 0.05) is 23.6 Å². The monoisotopic (exact) mass is 268 g/mol. The first kappa shape index (κ1) is 13.2. The fourth-order valence-corrected chi connectivity index (χ4v) is 2.30. The predicted molar refractivity (Wildman–Crippen MR) is 73.7 cm³/mol. The zero-order chi connectivity index (χ0) is 11.7. The zero-order valence-corrected chi connectivity index (χ0v) is 11.0. The minimum Gasteiger partial charge on any atom is -0.497 e. The number of ether oxygens (including phenoxy) is 2. The summed E-state index contributed by atoms with van der Waals surface area (Å²) in [5.74, 6) is 0.884. The summed E-state index contributed by atoms with van der Waals surface area (Å²) in [5, 5.41) is 4.67. The molecule has 0 unspecified atom stereocenters. The predicted octanol–water partition coefficient (Wildman–Crippen LogP) is 2.26. The molecule has 1 aliphatic rings. The van der Waals surface area contributed by atoms with E-state index in [1.54, 1.807) is 7.11 Å². The van der Waals surface area contributed by atoms with Crippen molar-refractivity contribution in [3.8, 4) is 5.75 Å². The largest absolute Gasteiger partial charge is 0.497 e. The van der Waals surface area contributed by atoms with Gasteiger partial charge in [-0.2, -0.15) is 0 Å². The molecule has 5 heteroatoms. The molecule has 1 aliphatic heterocycles. The molecular formula is C13H17ClN2O2. The Bertz CT molecular complexity index is 521. The topological polar surface area (TPSA) is 46.3 Å². The van der Waals surface area contributed by atoms with Crippen LogP contribution in [0.1, 0.15) is 11.6 Å². The van der Waals surface area contributed by atoms with Gasteiger partial charge < -0.3 is 19.8 Å². The Balaban J connectivity index is 0.00000120. The normalized spacial score (nSPS) is 19.5. The van der Waals surface area contributed by atoms with Gasteiger partial charge in [0.15, 0.2) is 0 Å². The van der Waals surface area contributed by atoms with Crippen LogP contribution in [0, 0.1) is 0 Å². The first-order chi connectivity index (χ1) is 8.38. The maximum atomic E-state index is 5.50. The Hall–Kier alpha value is -1.23. The number of rotatable bonds is 2. The van der Waals surface area contributed by atoms with Crippen molar-refractivity contribution in [2.45, 2.75) is 6.04 Å². The molecule has 2 aromatic rings. The summed E-state index contributed by atoms with van der Waals surface area (Å²) in [6.45, 7) is 2.42. The van der Waals surface area contributed by atoms with Crippen molar-refractivity contribution in [1.82, 2.24) is 10.3 Å². The van der Waals surface area contributed by atoms with Gasteiger partial charge in [-0.15, -0.1) is 12.4 Å². The summed E-state index contributed by atoms with van der Waals surface area (Å²) in [7, 11) is 1.69. The molecule has 2 N–H and O–H groups in total. The summed E-state index contributed by atoms with van der Waals surface area (Å²) < 4.78 is 10.8. The molecule has 1 saturated heterocycles. The fraction of sp³-hybridized carbons (Fsp3) is 0.385. The second kappa shape index (κ2) is 5.61. The van der Waals surface area contributed by atoms with E-state index in [1.807, 2.05) is 12.1 Å². The average Bonchev–Trinajstić information content (AvgIpc) is 2.82. The third kappa shape index (κ3) is 2.32. The van der Waals surface area contributed by atoms with E-state index in [9.17, 15) is 0 Å². The third-order valence-electron chi connectivity index (χ3n) is 3.22. The molecule has 0 bridgehead atoms. The molecule has 0 spiro atoms. The van der Waals surface area contributed by atoms with Crippen molar-refractivity contribution in [3.05, 3.63) is 30.0 Å². The van der Waals surface area contributed by atoms with Gasteiger partial charge in [0.2, 0.25) is 0 Å². The van der Waals surface area contributed by atoms with Crippen LogP contribution in [0.3, 0.4) is 0 Å². The van der Waals surface area contributed by atoms with Gasteiger partial charge in [0.25, 0.3) is 0 Å². The van der Waals surface area contributed by atoms with Gasteiger partial charge in [0.05, 0.1) is 26.4 Å². The standard InChI is InChI=1S/C13H16N2O2.ClH/c1-16-9-2-3-12-10(6-9)11(7-15-12)13-8-17-5-4-14-13;/h2-3,6-7,13-15H,4-5,8H2,1H3;1H/t13-;/m1./s1. The average molecular weight is 269 g/mol. The molecule has 3 rings (SSSR count). The lowest BCUT2D eigenvalue weighted by Crippen LogP contribution is -2.34. The van der Waals surface area contributed by atoms with Gasteiger partial charge in [-0.1, -0.05) is 0 Å². The molecule has 4 nitrogen and oxygen atoms in total. The van der Waals surface area contributed by atoms with Crippen LogP contribution in [-0.4, -0.2) is 31.9 Å².